The molecular weight excluding hydrogens is 328 g/mol. The van der Waals surface area contributed by atoms with E-state index >= 15 is 0 Å². The van der Waals surface area contributed by atoms with Gasteiger partial charge in [0.05, 0.1) is 0 Å². The third-order valence-corrected chi connectivity index (χ3v) is 4.41. The molecule has 140 valence electrons. The second kappa shape index (κ2) is 9.68. The van der Waals surface area contributed by atoms with E-state index in [0.29, 0.717) is 18.0 Å². The summed E-state index contributed by atoms with van der Waals surface area (Å²) in [5.41, 5.74) is 0.321. The summed E-state index contributed by atoms with van der Waals surface area (Å²) < 4.78 is 28.8. The van der Waals surface area contributed by atoms with Gasteiger partial charge in [0, 0.05) is 44.8 Å². The van der Waals surface area contributed by atoms with E-state index in [1.807, 2.05) is 0 Å². The Kier molecular flexibility index (Phi) is 7.58. The number of rotatable bonds is 8. The van der Waals surface area contributed by atoms with Crippen LogP contribution in [0.2, 0.25) is 0 Å². The molecule has 1 heterocycles. The Morgan fingerprint density at radius 2 is 1.92 bits per heavy atom. The molecule has 1 aliphatic heterocycles. The van der Waals surface area contributed by atoms with Crippen LogP contribution in [0.15, 0.2) is 24.3 Å². The predicted molar refractivity (Wildman–Crippen MR) is 93.1 cm³/mol. The van der Waals surface area contributed by atoms with E-state index in [4.69, 9.17) is 0 Å². The number of carbonyl (C=O) groups is 1. The second-order valence-electron chi connectivity index (χ2n) is 6.46. The molecule has 0 bridgehead atoms. The summed E-state index contributed by atoms with van der Waals surface area (Å²) in [7, 11) is 0. The lowest BCUT2D eigenvalue weighted by atomic mass is 10.1. The maximum atomic E-state index is 12.2. The highest BCUT2D eigenvalue weighted by Gasteiger charge is 2.18. The van der Waals surface area contributed by atoms with Crippen molar-refractivity contribution in [3.63, 3.8) is 0 Å². The van der Waals surface area contributed by atoms with Gasteiger partial charge in [-0.3, -0.25) is 4.79 Å². The lowest BCUT2D eigenvalue weighted by Gasteiger charge is -2.35. The van der Waals surface area contributed by atoms with E-state index in [9.17, 15) is 13.6 Å². The molecule has 0 saturated carbocycles. The van der Waals surface area contributed by atoms with Crippen LogP contribution in [0.25, 0.3) is 0 Å². The summed E-state index contributed by atoms with van der Waals surface area (Å²) in [5, 5.41) is 2.87. The summed E-state index contributed by atoms with van der Waals surface area (Å²) in [6.45, 7) is 8.24. The number of alkyl halides is 2. The van der Waals surface area contributed by atoms with Gasteiger partial charge in [0.15, 0.2) is 0 Å². The van der Waals surface area contributed by atoms with E-state index in [0.717, 1.165) is 39.3 Å². The molecule has 7 heteroatoms. The number of nitrogens with one attached hydrogen (secondary N) is 1. The van der Waals surface area contributed by atoms with Crippen molar-refractivity contribution >= 4 is 5.91 Å². The Hall–Kier alpha value is -1.73. The molecule has 1 atom stereocenters. The van der Waals surface area contributed by atoms with Gasteiger partial charge in [0.1, 0.15) is 5.75 Å². The van der Waals surface area contributed by atoms with E-state index in [2.05, 4.69) is 33.7 Å². The van der Waals surface area contributed by atoms with E-state index < -0.39 is 6.61 Å². The Morgan fingerprint density at radius 3 is 2.56 bits per heavy atom. The molecule has 1 aromatic carbocycles. The van der Waals surface area contributed by atoms with E-state index in [1.54, 1.807) is 6.07 Å². The Bertz CT molecular complexity index is 549. The molecule has 5 nitrogen and oxygen atoms in total. The number of piperazine rings is 1. The van der Waals surface area contributed by atoms with Gasteiger partial charge < -0.3 is 19.9 Å². The van der Waals surface area contributed by atoms with Gasteiger partial charge in [-0.05, 0) is 30.7 Å². The summed E-state index contributed by atoms with van der Waals surface area (Å²) in [6.07, 6.45) is 0. The molecule has 1 aliphatic rings. The van der Waals surface area contributed by atoms with Crippen LogP contribution in [0.1, 0.15) is 24.2 Å². The molecule has 25 heavy (non-hydrogen) atoms. The SMILES string of the molecule is CCN1CCN(C[C@H](C)CNC(=O)c2cccc(OC(F)F)c2)CC1. The highest BCUT2D eigenvalue weighted by molar-refractivity contribution is 5.94. The van der Waals surface area contributed by atoms with Gasteiger partial charge in [0.25, 0.3) is 5.91 Å². The van der Waals surface area contributed by atoms with Crippen LogP contribution in [0.5, 0.6) is 5.75 Å². The average molecular weight is 355 g/mol. The fraction of sp³-hybridized carbons (Fsp3) is 0.611. The number of carbonyl (C=O) groups excluding carboxylic acids is 1. The fourth-order valence-corrected chi connectivity index (χ4v) is 2.98. The molecule has 0 aliphatic carbocycles. The topological polar surface area (TPSA) is 44.8 Å². The Labute approximate surface area is 147 Å². The molecule has 0 aromatic heterocycles. The summed E-state index contributed by atoms with van der Waals surface area (Å²) >= 11 is 0. The van der Waals surface area contributed by atoms with Crippen molar-refractivity contribution in [2.45, 2.75) is 20.5 Å². The fourth-order valence-electron chi connectivity index (χ4n) is 2.98. The third kappa shape index (κ3) is 6.59. The monoisotopic (exact) mass is 355 g/mol. The quantitative estimate of drug-likeness (QED) is 0.777. The van der Waals surface area contributed by atoms with Gasteiger partial charge in [-0.25, -0.2) is 0 Å². The highest BCUT2D eigenvalue weighted by Crippen LogP contribution is 2.16. The second-order valence-corrected chi connectivity index (χ2v) is 6.46. The first-order valence-corrected chi connectivity index (χ1v) is 8.75. The standard InChI is InChI=1S/C18H27F2N3O2/c1-3-22-7-9-23(10-8-22)13-14(2)12-21-17(24)15-5-4-6-16(11-15)25-18(19)20/h4-6,11,14,18H,3,7-10,12-13H2,1-2H3,(H,21,24)/t14-/m1/s1. The molecule has 0 spiro atoms. The zero-order chi connectivity index (χ0) is 18.2. The maximum absolute atomic E-state index is 12.2. The first kappa shape index (κ1) is 19.6. The molecular formula is C18H27F2N3O2. The predicted octanol–water partition coefficient (Wildman–Crippen LogP) is 2.29. The third-order valence-electron chi connectivity index (χ3n) is 4.41. The molecule has 2 rings (SSSR count). The lowest BCUT2D eigenvalue weighted by Crippen LogP contribution is -2.48. The number of likely N-dealkylation sites (N-methyl/N-ethyl adjacent to an activating group) is 1. The van der Waals surface area contributed by atoms with Crippen molar-refractivity contribution in [2.24, 2.45) is 5.92 Å². The van der Waals surface area contributed by atoms with Crippen molar-refractivity contribution in [1.82, 2.24) is 15.1 Å². The van der Waals surface area contributed by atoms with Gasteiger partial charge >= 0.3 is 6.61 Å². The number of halogens is 2. The molecule has 0 unspecified atom stereocenters. The minimum Gasteiger partial charge on any atom is -0.435 e. The molecule has 1 aromatic rings. The van der Waals surface area contributed by atoms with Crippen LogP contribution in [0.3, 0.4) is 0 Å². The number of hydrogen-bond donors (Lipinski definition) is 1. The molecule has 1 saturated heterocycles. The minimum atomic E-state index is -2.90. The van der Waals surface area contributed by atoms with Gasteiger partial charge in [-0.2, -0.15) is 8.78 Å². The zero-order valence-corrected chi connectivity index (χ0v) is 14.9. The van der Waals surface area contributed by atoms with Crippen LogP contribution in [-0.2, 0) is 0 Å². The molecule has 1 amide bonds. The Morgan fingerprint density at radius 1 is 1.24 bits per heavy atom. The largest absolute Gasteiger partial charge is 0.435 e. The van der Waals surface area contributed by atoms with Crippen LogP contribution in [0, 0.1) is 5.92 Å². The normalized spacial score (nSPS) is 17.5. The molecule has 1 fully saturated rings. The van der Waals surface area contributed by atoms with Crippen molar-refractivity contribution in [3.05, 3.63) is 29.8 Å². The first-order chi connectivity index (χ1) is 12.0. The van der Waals surface area contributed by atoms with Crippen molar-refractivity contribution in [1.29, 1.82) is 0 Å². The summed E-state index contributed by atoms with van der Waals surface area (Å²) in [5.74, 6) is 0.0319. The summed E-state index contributed by atoms with van der Waals surface area (Å²) in [6, 6.07) is 5.85. The van der Waals surface area contributed by atoms with Crippen LogP contribution in [-0.4, -0.2) is 68.1 Å². The smallest absolute Gasteiger partial charge is 0.387 e. The number of benzene rings is 1. The van der Waals surface area contributed by atoms with Crippen molar-refractivity contribution < 1.29 is 18.3 Å². The van der Waals surface area contributed by atoms with Crippen LogP contribution in [0.4, 0.5) is 8.78 Å². The minimum absolute atomic E-state index is 0.00973. The molecule has 0 radical (unpaired) electrons. The number of amides is 1. The van der Waals surface area contributed by atoms with E-state index in [-0.39, 0.29) is 11.7 Å². The van der Waals surface area contributed by atoms with E-state index in [1.165, 1.54) is 18.2 Å². The summed E-state index contributed by atoms with van der Waals surface area (Å²) in [4.78, 5) is 17.0. The zero-order valence-electron chi connectivity index (χ0n) is 14.9. The first-order valence-electron chi connectivity index (χ1n) is 8.75. The number of nitrogens with zero attached hydrogens (tertiary/aromatic N) is 2. The molecule has 1 N–H and O–H groups in total. The van der Waals surface area contributed by atoms with Crippen LogP contribution < -0.4 is 10.1 Å². The van der Waals surface area contributed by atoms with Gasteiger partial charge in [0.2, 0.25) is 0 Å². The number of ether oxygens (including phenoxy) is 1. The van der Waals surface area contributed by atoms with Gasteiger partial charge in [-0.1, -0.05) is 19.9 Å². The van der Waals surface area contributed by atoms with Crippen molar-refractivity contribution in [2.75, 3.05) is 45.8 Å². The maximum Gasteiger partial charge on any atom is 0.387 e. The lowest BCUT2D eigenvalue weighted by molar-refractivity contribution is -0.0498. The van der Waals surface area contributed by atoms with Crippen molar-refractivity contribution in [3.8, 4) is 5.75 Å². The Balaban J connectivity index is 1.75. The average Bonchev–Trinajstić information content (AvgIpc) is 2.60. The van der Waals surface area contributed by atoms with Gasteiger partial charge in [-0.15, -0.1) is 0 Å². The number of hydrogen-bond acceptors (Lipinski definition) is 4. The highest BCUT2D eigenvalue weighted by atomic mass is 19.3. The van der Waals surface area contributed by atoms with Crippen LogP contribution >= 0.6 is 0 Å².